The predicted octanol–water partition coefficient (Wildman–Crippen LogP) is 2.54. The minimum Gasteiger partial charge on any atom is -0.480 e. The molecule has 0 unspecified atom stereocenters. The Hall–Kier alpha value is -2.29. The van der Waals surface area contributed by atoms with Crippen molar-refractivity contribution in [1.29, 1.82) is 0 Å². The number of aliphatic carboxylic acids is 1. The molecule has 3 N–H and O–H groups in total. The fourth-order valence-corrected chi connectivity index (χ4v) is 7.71. The molecule has 4 fully saturated rings. The Morgan fingerprint density at radius 2 is 1.90 bits per heavy atom. The second kappa shape index (κ2) is 7.44. The first-order chi connectivity index (χ1) is 14.4. The predicted molar refractivity (Wildman–Crippen MR) is 112 cm³/mol. The van der Waals surface area contributed by atoms with Gasteiger partial charge in [-0.15, -0.1) is 11.8 Å². The van der Waals surface area contributed by atoms with Crippen LogP contribution in [0, 0.1) is 23.2 Å². The van der Waals surface area contributed by atoms with Crippen molar-refractivity contribution in [3.8, 4) is 0 Å². The molecule has 1 amide bonds. The molecule has 2 heterocycles. The van der Waals surface area contributed by atoms with Crippen LogP contribution in [0.3, 0.4) is 0 Å². The molecule has 4 aliphatic rings. The van der Waals surface area contributed by atoms with Gasteiger partial charge < -0.3 is 10.4 Å². The lowest BCUT2D eigenvalue weighted by molar-refractivity contribution is -0.135. The number of carboxylic acids is 1. The molecular weight excluding hydrogens is 404 g/mol. The number of fused-ring (bicyclic) bond motifs is 1. The van der Waals surface area contributed by atoms with Crippen LogP contribution in [0.25, 0.3) is 5.65 Å². The number of carbonyl (C=O) groups is 2. The third kappa shape index (κ3) is 3.53. The Balaban J connectivity index is 1.32. The van der Waals surface area contributed by atoms with Gasteiger partial charge in [0.2, 0.25) is 0 Å². The summed E-state index contributed by atoms with van der Waals surface area (Å²) in [7, 11) is 0. The number of thioether (sulfide) groups is 1. The molecule has 6 rings (SSSR count). The smallest absolute Gasteiger partial charge is 0.322 e. The summed E-state index contributed by atoms with van der Waals surface area (Å²) in [5, 5.41) is 14.7. The molecule has 30 heavy (non-hydrogen) atoms. The molecule has 0 radical (unpaired) electrons. The largest absolute Gasteiger partial charge is 0.480 e. The van der Waals surface area contributed by atoms with Gasteiger partial charge >= 0.3 is 5.97 Å². The average molecular weight is 431 g/mol. The maximum absolute atomic E-state index is 12.6. The maximum atomic E-state index is 12.6. The van der Waals surface area contributed by atoms with Crippen molar-refractivity contribution in [2.75, 3.05) is 12.3 Å². The van der Waals surface area contributed by atoms with Crippen molar-refractivity contribution >= 4 is 29.3 Å². The quantitative estimate of drug-likeness (QED) is 0.581. The van der Waals surface area contributed by atoms with Crippen LogP contribution < -0.4 is 10.7 Å². The van der Waals surface area contributed by atoms with Crippen molar-refractivity contribution in [3.63, 3.8) is 0 Å². The van der Waals surface area contributed by atoms with E-state index in [1.165, 1.54) is 50.9 Å². The summed E-state index contributed by atoms with van der Waals surface area (Å²) >= 11 is 1.62. The topological polar surface area (TPSA) is 117 Å². The molecule has 8 nitrogen and oxygen atoms in total. The Morgan fingerprint density at radius 1 is 1.23 bits per heavy atom. The SMILES string of the molecule is O=C(O)CNC(=O)c1c(=O)cc(SCCC23CC4CC(CC(C4)C2)C3)n2[nH]cnc12. The number of H-pyrrole nitrogens is 1. The summed E-state index contributed by atoms with van der Waals surface area (Å²) in [5.74, 6) is 1.80. The molecule has 4 aliphatic carbocycles. The number of aromatic nitrogens is 3. The lowest BCUT2D eigenvalue weighted by Crippen LogP contribution is -2.46. The van der Waals surface area contributed by atoms with Gasteiger partial charge in [0, 0.05) is 11.8 Å². The van der Waals surface area contributed by atoms with E-state index in [9.17, 15) is 14.4 Å². The molecule has 0 saturated heterocycles. The van der Waals surface area contributed by atoms with Crippen LogP contribution in [-0.4, -0.2) is 43.9 Å². The number of aromatic amines is 1. The molecule has 0 aromatic carbocycles. The summed E-state index contributed by atoms with van der Waals surface area (Å²) in [6.45, 7) is -0.545. The number of nitrogens with one attached hydrogen (secondary N) is 2. The van der Waals surface area contributed by atoms with Gasteiger partial charge in [0.1, 0.15) is 23.5 Å². The van der Waals surface area contributed by atoms with Gasteiger partial charge in [0.25, 0.3) is 5.91 Å². The van der Waals surface area contributed by atoms with Gasteiger partial charge in [-0.3, -0.25) is 19.5 Å². The summed E-state index contributed by atoms with van der Waals surface area (Å²) in [6.07, 6.45) is 11.0. The number of pyridine rings is 1. The van der Waals surface area contributed by atoms with Gasteiger partial charge in [-0.25, -0.2) is 9.50 Å². The Kier molecular flexibility index (Phi) is 4.88. The Morgan fingerprint density at radius 3 is 2.53 bits per heavy atom. The number of rotatable bonds is 7. The highest BCUT2D eigenvalue weighted by atomic mass is 32.2. The van der Waals surface area contributed by atoms with Crippen molar-refractivity contribution in [2.24, 2.45) is 23.2 Å². The lowest BCUT2D eigenvalue weighted by atomic mass is 9.49. The molecule has 4 saturated carbocycles. The Bertz CT molecular complexity index is 1020. The summed E-state index contributed by atoms with van der Waals surface area (Å²) < 4.78 is 1.64. The van der Waals surface area contributed by atoms with E-state index in [2.05, 4.69) is 15.4 Å². The van der Waals surface area contributed by atoms with Crippen LogP contribution in [0.2, 0.25) is 0 Å². The van der Waals surface area contributed by atoms with Gasteiger partial charge in [0.15, 0.2) is 11.1 Å². The van der Waals surface area contributed by atoms with Gasteiger partial charge in [-0.2, -0.15) is 0 Å². The van der Waals surface area contributed by atoms with Crippen LogP contribution >= 0.6 is 11.8 Å². The van der Waals surface area contributed by atoms with Crippen molar-refractivity contribution < 1.29 is 14.7 Å². The van der Waals surface area contributed by atoms with Crippen LogP contribution in [0.5, 0.6) is 0 Å². The minimum absolute atomic E-state index is 0.136. The Labute approximate surface area is 177 Å². The van der Waals surface area contributed by atoms with Crippen LogP contribution in [0.1, 0.15) is 55.3 Å². The van der Waals surface area contributed by atoms with E-state index in [1.807, 2.05) is 0 Å². The van der Waals surface area contributed by atoms with E-state index < -0.39 is 23.9 Å². The number of carbonyl (C=O) groups excluding carboxylic acids is 1. The molecule has 2 aromatic rings. The first kappa shape index (κ1) is 19.7. The van der Waals surface area contributed by atoms with Gasteiger partial charge in [-0.05, 0) is 68.1 Å². The highest BCUT2D eigenvalue weighted by Gasteiger charge is 2.50. The average Bonchev–Trinajstić information content (AvgIpc) is 3.14. The normalized spacial score (nSPS) is 29.4. The number of hydrogen-bond donors (Lipinski definition) is 3. The zero-order valence-electron chi connectivity index (χ0n) is 16.7. The zero-order chi connectivity index (χ0) is 20.9. The number of hydrogen-bond acceptors (Lipinski definition) is 5. The van der Waals surface area contributed by atoms with Crippen molar-refractivity contribution in [2.45, 2.75) is 50.0 Å². The van der Waals surface area contributed by atoms with Crippen LogP contribution in [0.4, 0.5) is 0 Å². The van der Waals surface area contributed by atoms with E-state index in [1.54, 1.807) is 16.3 Å². The second-order valence-corrected chi connectivity index (χ2v) is 10.5. The number of nitrogens with zero attached hydrogens (tertiary/aromatic N) is 2. The third-order valence-electron chi connectivity index (χ3n) is 7.21. The number of carboxylic acid groups (broad SMARTS) is 1. The fraction of sp³-hybridized carbons (Fsp3) is 0.619. The first-order valence-electron chi connectivity index (χ1n) is 10.6. The summed E-state index contributed by atoms with van der Waals surface area (Å²) in [6, 6.07) is 1.45. The highest BCUT2D eigenvalue weighted by molar-refractivity contribution is 7.99. The van der Waals surface area contributed by atoms with E-state index in [0.29, 0.717) is 5.41 Å². The maximum Gasteiger partial charge on any atom is 0.322 e. The molecular formula is C21H26N4O4S. The highest BCUT2D eigenvalue weighted by Crippen LogP contribution is 2.61. The monoisotopic (exact) mass is 430 g/mol. The van der Waals surface area contributed by atoms with E-state index >= 15 is 0 Å². The number of amides is 1. The summed E-state index contributed by atoms with van der Waals surface area (Å²) in [4.78, 5) is 39.8. The molecule has 9 heteroatoms. The van der Waals surface area contributed by atoms with Crippen molar-refractivity contribution in [1.82, 2.24) is 19.9 Å². The van der Waals surface area contributed by atoms with Crippen LogP contribution in [0.15, 0.2) is 22.2 Å². The molecule has 4 bridgehead atoms. The van der Waals surface area contributed by atoms with E-state index in [4.69, 9.17) is 5.11 Å². The second-order valence-electron chi connectivity index (χ2n) is 9.36. The first-order valence-corrected chi connectivity index (χ1v) is 11.6. The molecule has 0 aliphatic heterocycles. The van der Waals surface area contributed by atoms with E-state index in [-0.39, 0.29) is 11.2 Å². The third-order valence-corrected chi connectivity index (χ3v) is 8.21. The van der Waals surface area contributed by atoms with Crippen molar-refractivity contribution in [3.05, 3.63) is 28.2 Å². The molecule has 0 atom stereocenters. The standard InChI is InChI=1S/C21H26N4O4S/c26-15-6-16(25-19(23-11-24-25)18(15)20(29)22-10-17(27)28)30-2-1-21-7-12-3-13(8-21)5-14(4-12)9-21/h6,11-14H,1-5,7-10H2,(H,22,29)(H,23,24)(H,27,28). The molecule has 2 aromatic heterocycles. The van der Waals surface area contributed by atoms with E-state index in [0.717, 1.165) is 35.0 Å². The minimum atomic E-state index is -1.17. The zero-order valence-corrected chi connectivity index (χ0v) is 17.5. The lowest BCUT2D eigenvalue weighted by Gasteiger charge is -2.57. The molecule has 160 valence electrons. The van der Waals surface area contributed by atoms with Gasteiger partial charge in [-0.1, -0.05) is 0 Å². The van der Waals surface area contributed by atoms with Gasteiger partial charge in [0.05, 0.1) is 0 Å². The fourth-order valence-electron chi connectivity index (χ4n) is 6.50. The molecule has 0 spiro atoms. The van der Waals surface area contributed by atoms with Crippen LogP contribution in [-0.2, 0) is 4.79 Å². The summed E-state index contributed by atoms with van der Waals surface area (Å²) in [5.41, 5.74) is 0.129.